The average molecular weight is 482 g/mol. The number of carbonyl (C=O) groups excluding carboxylic acids is 1. The lowest BCUT2D eigenvalue weighted by molar-refractivity contribution is 0.0952. The normalized spacial score (nSPS) is 14.7. The summed E-state index contributed by atoms with van der Waals surface area (Å²) in [5.41, 5.74) is 1.77. The first-order chi connectivity index (χ1) is 16.1. The van der Waals surface area contributed by atoms with E-state index in [9.17, 15) is 4.79 Å². The highest BCUT2D eigenvalue weighted by molar-refractivity contribution is 7.20. The molecule has 0 spiro atoms. The van der Waals surface area contributed by atoms with Gasteiger partial charge in [-0.2, -0.15) is 5.10 Å². The minimum atomic E-state index is -0.0513. The second-order valence-corrected chi connectivity index (χ2v) is 9.41. The molecule has 5 rings (SSSR count). The highest BCUT2D eigenvalue weighted by Gasteiger charge is 2.20. The van der Waals surface area contributed by atoms with Crippen LogP contribution in [-0.4, -0.2) is 69.8 Å². The molecule has 1 aromatic carbocycles. The topological polar surface area (TPSA) is 79.2 Å². The van der Waals surface area contributed by atoms with Crippen LogP contribution in [0.3, 0.4) is 0 Å². The maximum absolute atomic E-state index is 12.8. The number of anilines is 1. The zero-order valence-corrected chi connectivity index (χ0v) is 19.8. The van der Waals surface area contributed by atoms with Crippen molar-refractivity contribution in [3.63, 3.8) is 0 Å². The minimum Gasteiger partial charge on any atom is -0.350 e. The van der Waals surface area contributed by atoms with Crippen LogP contribution in [0.2, 0.25) is 5.02 Å². The van der Waals surface area contributed by atoms with Crippen molar-refractivity contribution < 1.29 is 4.79 Å². The van der Waals surface area contributed by atoms with Crippen molar-refractivity contribution in [2.24, 2.45) is 0 Å². The number of aromatic nitrogens is 4. The van der Waals surface area contributed by atoms with Gasteiger partial charge in [-0.1, -0.05) is 17.7 Å². The number of halogens is 1. The van der Waals surface area contributed by atoms with Crippen LogP contribution in [0.15, 0.2) is 48.8 Å². The van der Waals surface area contributed by atoms with Gasteiger partial charge in [-0.05, 0) is 37.3 Å². The van der Waals surface area contributed by atoms with Crippen molar-refractivity contribution in [1.82, 2.24) is 30.0 Å². The molecule has 10 heteroatoms. The number of hydrogen-bond donors (Lipinski definition) is 1. The minimum absolute atomic E-state index is 0.0513. The number of fused-ring (bicyclic) bond motifs is 1. The Bertz CT molecular complexity index is 1260. The van der Waals surface area contributed by atoms with Crippen molar-refractivity contribution in [1.29, 1.82) is 0 Å². The fraction of sp³-hybridized carbons (Fsp3) is 0.304. The Kier molecular flexibility index (Phi) is 6.26. The predicted octanol–water partition coefficient (Wildman–Crippen LogP) is 3.39. The first kappa shape index (κ1) is 21.8. The molecule has 0 saturated carbocycles. The third kappa shape index (κ3) is 4.71. The Morgan fingerprint density at radius 2 is 1.91 bits per heavy atom. The number of amides is 1. The number of piperazine rings is 1. The third-order valence-electron chi connectivity index (χ3n) is 5.74. The Balaban J connectivity index is 1.18. The number of benzene rings is 1. The molecule has 8 nitrogen and oxygen atoms in total. The van der Waals surface area contributed by atoms with E-state index >= 15 is 0 Å². The molecule has 0 unspecified atom stereocenters. The second-order valence-electron chi connectivity index (χ2n) is 7.94. The summed E-state index contributed by atoms with van der Waals surface area (Å²) in [7, 11) is 0. The van der Waals surface area contributed by atoms with Crippen LogP contribution in [-0.2, 0) is 0 Å². The van der Waals surface area contributed by atoms with Gasteiger partial charge in [0, 0.05) is 62.1 Å². The SMILES string of the molecule is Cc1nn(-c2cccc(Cl)c2)c2sc(C(=O)NCCN3CCN(c4ncccn4)CC3)cc12. The fourth-order valence-electron chi connectivity index (χ4n) is 3.98. The Labute approximate surface area is 200 Å². The molecule has 33 heavy (non-hydrogen) atoms. The molecule has 1 aliphatic heterocycles. The van der Waals surface area contributed by atoms with Crippen LogP contribution >= 0.6 is 22.9 Å². The van der Waals surface area contributed by atoms with E-state index in [-0.39, 0.29) is 5.91 Å². The van der Waals surface area contributed by atoms with Crippen molar-refractivity contribution in [2.75, 3.05) is 44.2 Å². The lowest BCUT2D eigenvalue weighted by Gasteiger charge is -2.34. The highest BCUT2D eigenvalue weighted by atomic mass is 35.5. The molecule has 1 amide bonds. The van der Waals surface area contributed by atoms with Crippen LogP contribution in [0.25, 0.3) is 15.9 Å². The third-order valence-corrected chi connectivity index (χ3v) is 7.09. The van der Waals surface area contributed by atoms with Gasteiger partial charge in [-0.3, -0.25) is 9.69 Å². The number of nitrogens with zero attached hydrogens (tertiary/aromatic N) is 6. The van der Waals surface area contributed by atoms with E-state index in [0.717, 1.165) is 60.3 Å². The summed E-state index contributed by atoms with van der Waals surface area (Å²) in [6.07, 6.45) is 3.54. The number of thiophene rings is 1. The van der Waals surface area contributed by atoms with E-state index in [0.29, 0.717) is 16.4 Å². The van der Waals surface area contributed by atoms with Gasteiger partial charge in [-0.15, -0.1) is 11.3 Å². The van der Waals surface area contributed by atoms with E-state index in [4.69, 9.17) is 11.6 Å². The zero-order valence-electron chi connectivity index (χ0n) is 18.2. The van der Waals surface area contributed by atoms with Crippen molar-refractivity contribution in [2.45, 2.75) is 6.92 Å². The van der Waals surface area contributed by atoms with E-state index < -0.39 is 0 Å². The largest absolute Gasteiger partial charge is 0.350 e. The van der Waals surface area contributed by atoms with Crippen molar-refractivity contribution in [3.8, 4) is 5.69 Å². The summed E-state index contributed by atoms with van der Waals surface area (Å²) in [4.78, 5) is 27.6. The first-order valence-electron chi connectivity index (χ1n) is 10.9. The Morgan fingerprint density at radius 1 is 1.12 bits per heavy atom. The lowest BCUT2D eigenvalue weighted by atomic mass is 10.3. The summed E-state index contributed by atoms with van der Waals surface area (Å²) >= 11 is 7.60. The van der Waals surface area contributed by atoms with Crippen LogP contribution in [0.4, 0.5) is 5.95 Å². The molecule has 1 aliphatic rings. The number of nitrogens with one attached hydrogen (secondary N) is 1. The number of rotatable bonds is 6. The van der Waals surface area contributed by atoms with Gasteiger partial charge in [0.1, 0.15) is 4.83 Å². The zero-order chi connectivity index (χ0) is 22.8. The van der Waals surface area contributed by atoms with Gasteiger partial charge >= 0.3 is 0 Å². The highest BCUT2D eigenvalue weighted by Crippen LogP contribution is 2.31. The van der Waals surface area contributed by atoms with Gasteiger partial charge in [-0.25, -0.2) is 14.6 Å². The number of hydrogen-bond acceptors (Lipinski definition) is 7. The van der Waals surface area contributed by atoms with Gasteiger partial charge in [0.25, 0.3) is 5.91 Å². The molecule has 0 aliphatic carbocycles. The van der Waals surface area contributed by atoms with E-state index in [1.165, 1.54) is 11.3 Å². The first-order valence-corrected chi connectivity index (χ1v) is 12.1. The molecule has 1 saturated heterocycles. The van der Waals surface area contributed by atoms with E-state index in [2.05, 4.69) is 30.2 Å². The van der Waals surface area contributed by atoms with Crippen LogP contribution in [0, 0.1) is 6.92 Å². The van der Waals surface area contributed by atoms with Crippen LogP contribution in [0.5, 0.6) is 0 Å². The molecule has 0 atom stereocenters. The van der Waals surface area contributed by atoms with Crippen LogP contribution in [0.1, 0.15) is 15.4 Å². The summed E-state index contributed by atoms with van der Waals surface area (Å²) < 4.78 is 1.86. The fourth-order valence-corrected chi connectivity index (χ4v) is 5.27. The summed E-state index contributed by atoms with van der Waals surface area (Å²) in [5.74, 6) is 0.728. The number of carbonyl (C=O) groups is 1. The molecule has 0 bridgehead atoms. The van der Waals surface area contributed by atoms with Gasteiger partial charge < -0.3 is 10.2 Å². The maximum atomic E-state index is 12.8. The monoisotopic (exact) mass is 481 g/mol. The molecule has 1 N–H and O–H groups in total. The Hall–Kier alpha value is -3.01. The summed E-state index contributed by atoms with van der Waals surface area (Å²) in [6, 6.07) is 11.3. The lowest BCUT2D eigenvalue weighted by Crippen LogP contribution is -2.48. The average Bonchev–Trinajstić information content (AvgIpc) is 3.41. The quantitative estimate of drug-likeness (QED) is 0.454. The number of aryl methyl sites for hydroxylation is 1. The molecule has 1 fully saturated rings. The Morgan fingerprint density at radius 3 is 2.67 bits per heavy atom. The molecular formula is C23H24ClN7OS. The predicted molar refractivity (Wildman–Crippen MR) is 132 cm³/mol. The van der Waals surface area contributed by atoms with Crippen molar-refractivity contribution in [3.05, 3.63) is 64.4 Å². The summed E-state index contributed by atoms with van der Waals surface area (Å²) in [6.45, 7) is 6.99. The van der Waals surface area contributed by atoms with Crippen molar-refractivity contribution >= 4 is 45.0 Å². The smallest absolute Gasteiger partial charge is 0.261 e. The molecular weight excluding hydrogens is 458 g/mol. The van der Waals surface area contributed by atoms with Gasteiger partial charge in [0.15, 0.2) is 0 Å². The maximum Gasteiger partial charge on any atom is 0.261 e. The molecule has 0 radical (unpaired) electrons. The van der Waals surface area contributed by atoms with E-state index in [1.807, 2.05) is 48.0 Å². The van der Waals surface area contributed by atoms with Gasteiger partial charge in [0.05, 0.1) is 16.3 Å². The van der Waals surface area contributed by atoms with Gasteiger partial charge in [0.2, 0.25) is 5.95 Å². The van der Waals surface area contributed by atoms with E-state index in [1.54, 1.807) is 12.4 Å². The van der Waals surface area contributed by atoms with Crippen LogP contribution < -0.4 is 10.2 Å². The molecule has 170 valence electrons. The molecule has 4 aromatic rings. The summed E-state index contributed by atoms with van der Waals surface area (Å²) in [5, 5.41) is 9.34. The molecule has 3 aromatic heterocycles. The second kappa shape index (κ2) is 9.46. The standard InChI is InChI=1S/C23H24ClN7OS/c1-16-19-15-20(33-22(19)31(28-16)18-5-2-4-17(24)14-18)21(32)25-8-9-29-10-12-30(13-11-29)23-26-6-3-7-27-23/h2-7,14-15H,8-13H2,1H3,(H,25,32). The molecule has 4 heterocycles.